The van der Waals surface area contributed by atoms with Crippen LogP contribution in [0.4, 0.5) is 11.6 Å². The molecule has 0 aromatic carbocycles. The first-order valence-corrected chi connectivity index (χ1v) is 5.78. The quantitative estimate of drug-likeness (QED) is 0.568. The minimum Gasteiger partial charge on any atom is -0.368 e. The summed E-state index contributed by atoms with van der Waals surface area (Å²) < 4.78 is 4.62. The molecule has 9 heteroatoms. The molecular formula is C9H10Cl2N6O. The molecule has 96 valence electrons. The van der Waals surface area contributed by atoms with Crippen LogP contribution in [0.2, 0.25) is 10.0 Å². The van der Waals surface area contributed by atoms with Crippen molar-refractivity contribution in [2.75, 3.05) is 17.3 Å². The molecule has 7 nitrogen and oxygen atoms in total. The van der Waals surface area contributed by atoms with Crippen LogP contribution in [0, 0.1) is 0 Å². The number of nitrogens with one attached hydrogen (secondary N) is 2. The molecule has 0 saturated heterocycles. The van der Waals surface area contributed by atoms with Gasteiger partial charge in [0.05, 0.1) is 10.0 Å². The third-order valence-electron chi connectivity index (χ3n) is 2.11. The Kier molecular flexibility index (Phi) is 4.19. The van der Waals surface area contributed by atoms with Gasteiger partial charge in [-0.05, 0) is 6.07 Å². The first-order chi connectivity index (χ1) is 8.70. The van der Waals surface area contributed by atoms with Crippen LogP contribution in [-0.2, 0) is 6.42 Å². The summed E-state index contributed by atoms with van der Waals surface area (Å²) in [6.45, 7) is 0.553. The van der Waals surface area contributed by atoms with E-state index < -0.39 is 0 Å². The number of nitrogens with zero attached hydrogens (tertiary/aromatic N) is 3. The Bertz CT molecular complexity index is 518. The van der Waals surface area contributed by atoms with Gasteiger partial charge in [0.2, 0.25) is 6.39 Å². The molecule has 2 aromatic heterocycles. The number of hydrogen-bond donors (Lipinski definition) is 3. The van der Waals surface area contributed by atoms with Crippen LogP contribution in [0.1, 0.15) is 5.82 Å². The second kappa shape index (κ2) is 5.85. The summed E-state index contributed by atoms with van der Waals surface area (Å²) in [5, 5.41) is 7.48. The Balaban J connectivity index is 2.00. The van der Waals surface area contributed by atoms with Gasteiger partial charge >= 0.3 is 0 Å². The van der Waals surface area contributed by atoms with Crippen molar-refractivity contribution in [2.45, 2.75) is 6.42 Å². The zero-order valence-electron chi connectivity index (χ0n) is 9.15. The number of nitrogens with two attached hydrogens (primary N) is 1. The topological polar surface area (TPSA) is 102 Å². The van der Waals surface area contributed by atoms with Crippen LogP contribution in [0.5, 0.6) is 0 Å². The molecule has 4 N–H and O–H groups in total. The van der Waals surface area contributed by atoms with Crippen LogP contribution >= 0.6 is 23.2 Å². The molecule has 0 atom stereocenters. The summed E-state index contributed by atoms with van der Waals surface area (Å²) in [7, 11) is 0. The van der Waals surface area contributed by atoms with Crippen LogP contribution in [-0.4, -0.2) is 21.7 Å². The summed E-state index contributed by atoms with van der Waals surface area (Å²) in [4.78, 5) is 8.03. The first kappa shape index (κ1) is 12.9. The van der Waals surface area contributed by atoms with E-state index in [1.54, 1.807) is 6.07 Å². The van der Waals surface area contributed by atoms with Crippen LogP contribution in [0.3, 0.4) is 0 Å². The number of rotatable bonds is 5. The van der Waals surface area contributed by atoms with Crippen molar-refractivity contribution in [1.82, 2.24) is 15.1 Å². The molecular weight excluding hydrogens is 279 g/mol. The highest BCUT2D eigenvalue weighted by molar-refractivity contribution is 6.37. The van der Waals surface area contributed by atoms with E-state index in [2.05, 4.69) is 30.4 Å². The SMILES string of the molecule is NNc1nc(NCCc2ncon2)c(Cl)cc1Cl. The van der Waals surface area contributed by atoms with Crippen LogP contribution in [0.15, 0.2) is 17.0 Å². The highest BCUT2D eigenvalue weighted by Crippen LogP contribution is 2.28. The molecule has 0 fully saturated rings. The van der Waals surface area contributed by atoms with Gasteiger partial charge in [0.25, 0.3) is 0 Å². The zero-order chi connectivity index (χ0) is 13.0. The molecule has 0 aliphatic carbocycles. The maximum atomic E-state index is 5.99. The van der Waals surface area contributed by atoms with Gasteiger partial charge in [0, 0.05) is 13.0 Å². The van der Waals surface area contributed by atoms with E-state index in [4.69, 9.17) is 29.0 Å². The van der Waals surface area contributed by atoms with Crippen molar-refractivity contribution >= 4 is 34.8 Å². The lowest BCUT2D eigenvalue weighted by Gasteiger charge is -2.09. The van der Waals surface area contributed by atoms with Crippen molar-refractivity contribution in [3.8, 4) is 0 Å². The Morgan fingerprint density at radius 2 is 2.06 bits per heavy atom. The minimum atomic E-state index is 0.350. The average Bonchev–Trinajstić information content (AvgIpc) is 2.85. The highest BCUT2D eigenvalue weighted by atomic mass is 35.5. The summed E-state index contributed by atoms with van der Waals surface area (Å²) in [6.07, 6.45) is 1.86. The van der Waals surface area contributed by atoms with Crippen molar-refractivity contribution in [1.29, 1.82) is 0 Å². The summed E-state index contributed by atoms with van der Waals surface area (Å²) in [5.41, 5.74) is 2.39. The first-order valence-electron chi connectivity index (χ1n) is 5.02. The molecule has 0 unspecified atom stereocenters. The van der Waals surface area contributed by atoms with Crippen molar-refractivity contribution in [3.05, 3.63) is 28.3 Å². The van der Waals surface area contributed by atoms with E-state index in [0.29, 0.717) is 40.5 Å². The van der Waals surface area contributed by atoms with Gasteiger partial charge in [0.15, 0.2) is 11.6 Å². The lowest BCUT2D eigenvalue weighted by atomic mass is 10.4. The van der Waals surface area contributed by atoms with Gasteiger partial charge in [-0.2, -0.15) is 4.98 Å². The van der Waals surface area contributed by atoms with Crippen LogP contribution in [0.25, 0.3) is 0 Å². The number of hydrazine groups is 1. The number of pyridine rings is 1. The van der Waals surface area contributed by atoms with Crippen molar-refractivity contribution in [3.63, 3.8) is 0 Å². The lowest BCUT2D eigenvalue weighted by Crippen LogP contribution is -2.12. The van der Waals surface area contributed by atoms with E-state index in [0.717, 1.165) is 0 Å². The Hall–Kier alpha value is -1.57. The fraction of sp³-hybridized carbons (Fsp3) is 0.222. The maximum Gasteiger partial charge on any atom is 0.213 e. The molecule has 2 rings (SSSR count). The standard InChI is InChI=1S/C9H10Cl2N6O/c10-5-3-6(11)9(16-12)15-8(5)13-2-1-7-14-4-18-17-7/h3-4H,1-2,12H2,(H2,13,15,16). The molecule has 0 aliphatic heterocycles. The lowest BCUT2D eigenvalue weighted by molar-refractivity contribution is 0.410. The smallest absolute Gasteiger partial charge is 0.213 e. The summed E-state index contributed by atoms with van der Waals surface area (Å²) in [6, 6.07) is 1.56. The molecule has 0 spiro atoms. The fourth-order valence-electron chi connectivity index (χ4n) is 1.29. The Morgan fingerprint density at radius 1 is 1.28 bits per heavy atom. The van der Waals surface area contributed by atoms with Crippen molar-refractivity contribution in [2.24, 2.45) is 5.84 Å². The number of halogens is 2. The largest absolute Gasteiger partial charge is 0.368 e. The Morgan fingerprint density at radius 3 is 2.72 bits per heavy atom. The molecule has 0 radical (unpaired) electrons. The minimum absolute atomic E-state index is 0.350. The zero-order valence-corrected chi connectivity index (χ0v) is 10.7. The average molecular weight is 289 g/mol. The van der Waals surface area contributed by atoms with E-state index in [-0.39, 0.29) is 0 Å². The number of anilines is 2. The fourth-order valence-corrected chi connectivity index (χ4v) is 1.77. The molecule has 18 heavy (non-hydrogen) atoms. The van der Waals surface area contributed by atoms with Gasteiger partial charge in [-0.1, -0.05) is 28.4 Å². The second-order valence-corrected chi connectivity index (χ2v) is 4.13. The number of hydrogen-bond acceptors (Lipinski definition) is 7. The van der Waals surface area contributed by atoms with Gasteiger partial charge in [-0.25, -0.2) is 10.8 Å². The van der Waals surface area contributed by atoms with E-state index in [9.17, 15) is 0 Å². The molecule has 0 saturated carbocycles. The third-order valence-corrected chi connectivity index (χ3v) is 2.69. The van der Waals surface area contributed by atoms with Crippen molar-refractivity contribution < 1.29 is 4.52 Å². The summed E-state index contributed by atoms with van der Waals surface area (Å²) in [5.74, 6) is 6.71. The summed E-state index contributed by atoms with van der Waals surface area (Å²) >= 11 is 11.9. The molecule has 2 aromatic rings. The Labute approximate surface area is 113 Å². The maximum absolute atomic E-state index is 5.99. The van der Waals surface area contributed by atoms with E-state index >= 15 is 0 Å². The number of nitrogen functional groups attached to an aromatic ring is 1. The van der Waals surface area contributed by atoms with E-state index in [1.165, 1.54) is 6.39 Å². The van der Waals surface area contributed by atoms with Gasteiger partial charge in [0.1, 0.15) is 5.82 Å². The van der Waals surface area contributed by atoms with Gasteiger partial charge in [-0.3, -0.25) is 0 Å². The monoisotopic (exact) mass is 288 g/mol. The van der Waals surface area contributed by atoms with Gasteiger partial charge < -0.3 is 15.3 Å². The highest BCUT2D eigenvalue weighted by Gasteiger charge is 2.08. The van der Waals surface area contributed by atoms with Gasteiger partial charge in [-0.15, -0.1) is 0 Å². The predicted molar refractivity (Wildman–Crippen MR) is 68.6 cm³/mol. The predicted octanol–water partition coefficient (Wildman–Crippen LogP) is 1.71. The van der Waals surface area contributed by atoms with E-state index in [1.807, 2.05) is 0 Å². The third kappa shape index (κ3) is 3.00. The second-order valence-electron chi connectivity index (χ2n) is 3.32. The normalized spacial score (nSPS) is 10.4. The van der Waals surface area contributed by atoms with Crippen LogP contribution < -0.4 is 16.6 Å². The molecule has 2 heterocycles. The molecule has 0 bridgehead atoms. The number of aromatic nitrogens is 3. The molecule has 0 aliphatic rings. The molecule has 0 amide bonds.